The number of aliphatic imine (C=N–C) groups is 1. The summed E-state index contributed by atoms with van der Waals surface area (Å²) < 4.78 is 6.16. The third-order valence-electron chi connectivity index (χ3n) is 8.36. The Kier molecular flexibility index (Phi) is 9.52. The van der Waals surface area contributed by atoms with E-state index in [0.717, 1.165) is 76.7 Å². The minimum Gasteiger partial charge on any atom is -0.447 e. The van der Waals surface area contributed by atoms with Gasteiger partial charge in [-0.15, -0.1) is 0 Å². The van der Waals surface area contributed by atoms with Gasteiger partial charge in [-0.1, -0.05) is 72.3 Å². The molecule has 4 aromatic rings. The van der Waals surface area contributed by atoms with Crippen molar-refractivity contribution in [2.24, 2.45) is 4.99 Å². The number of anilines is 5. The number of rotatable bonds is 8. The Morgan fingerprint density at radius 3 is 2.07 bits per heavy atom. The van der Waals surface area contributed by atoms with Crippen LogP contribution in [0, 0.1) is 6.92 Å². The minimum atomic E-state index is 0.643. The van der Waals surface area contributed by atoms with Crippen molar-refractivity contribution >= 4 is 51.6 Å². The van der Waals surface area contributed by atoms with Crippen LogP contribution in [0.15, 0.2) is 137 Å². The van der Waals surface area contributed by atoms with Crippen molar-refractivity contribution in [2.75, 3.05) is 9.80 Å². The molecule has 0 fully saturated rings. The van der Waals surface area contributed by atoms with Crippen LogP contribution in [0.4, 0.5) is 34.1 Å². The van der Waals surface area contributed by atoms with Gasteiger partial charge in [-0.25, -0.2) is 4.99 Å². The van der Waals surface area contributed by atoms with Crippen LogP contribution in [0.5, 0.6) is 0 Å². The Morgan fingerprint density at radius 1 is 0.733 bits per heavy atom. The zero-order valence-electron chi connectivity index (χ0n) is 26.3. The predicted molar refractivity (Wildman–Crippen MR) is 191 cm³/mol. The van der Waals surface area contributed by atoms with E-state index >= 15 is 0 Å². The van der Waals surface area contributed by atoms with E-state index in [4.69, 9.17) is 21.3 Å². The van der Waals surface area contributed by atoms with Crippen LogP contribution in [0.2, 0.25) is 5.02 Å². The smallest absolute Gasteiger partial charge is 0.191 e. The van der Waals surface area contributed by atoms with Gasteiger partial charge in [0.2, 0.25) is 0 Å². The van der Waals surface area contributed by atoms with Crippen LogP contribution in [-0.2, 0) is 4.74 Å². The molecule has 228 valence electrons. The van der Waals surface area contributed by atoms with Crippen LogP contribution in [-0.4, -0.2) is 5.90 Å². The Hall–Kier alpha value is -4.54. The molecule has 0 saturated heterocycles. The zero-order valence-corrected chi connectivity index (χ0v) is 27.1. The normalized spacial score (nSPS) is 15.1. The fraction of sp³-hybridized carbons (Fsp3) is 0.225. The average Bonchev–Trinajstić information content (AvgIpc) is 3.07. The monoisotopic (exact) mass is 613 g/mol. The lowest BCUT2D eigenvalue weighted by atomic mass is 10.0. The number of ether oxygens (including phenoxy) is 1. The largest absolute Gasteiger partial charge is 0.447 e. The quantitative estimate of drug-likeness (QED) is 0.146. The van der Waals surface area contributed by atoms with Crippen molar-refractivity contribution in [3.05, 3.63) is 143 Å². The first-order valence-corrected chi connectivity index (χ1v) is 16.3. The average molecular weight is 614 g/mol. The molecular weight excluding hydrogens is 574 g/mol. The maximum Gasteiger partial charge on any atom is 0.191 e. The van der Waals surface area contributed by atoms with Crippen molar-refractivity contribution in [3.8, 4) is 0 Å². The van der Waals surface area contributed by atoms with Gasteiger partial charge in [0.1, 0.15) is 5.76 Å². The Balaban J connectivity index is 1.40. The molecule has 2 aliphatic rings. The van der Waals surface area contributed by atoms with Crippen molar-refractivity contribution in [1.82, 2.24) is 0 Å². The number of nitrogens with zero attached hydrogens (tertiary/aromatic N) is 3. The molecule has 0 amide bonds. The molecule has 0 aromatic heterocycles. The third kappa shape index (κ3) is 6.92. The second kappa shape index (κ2) is 14.0. The summed E-state index contributed by atoms with van der Waals surface area (Å²) in [4.78, 5) is 9.42. The molecule has 4 nitrogen and oxygen atoms in total. The highest BCUT2D eigenvalue weighted by molar-refractivity contribution is 6.36. The summed E-state index contributed by atoms with van der Waals surface area (Å²) in [5, 5.41) is 0.700. The first-order valence-electron chi connectivity index (χ1n) is 15.9. The van der Waals surface area contributed by atoms with E-state index < -0.39 is 0 Å². The maximum absolute atomic E-state index is 7.45. The van der Waals surface area contributed by atoms with Gasteiger partial charge in [0.15, 0.2) is 5.90 Å². The maximum atomic E-state index is 7.45. The molecule has 0 unspecified atom stereocenters. The molecule has 5 heteroatoms. The lowest BCUT2D eigenvalue weighted by Gasteiger charge is -2.33. The summed E-state index contributed by atoms with van der Waals surface area (Å²) in [6.45, 7) is 6.10. The standard InChI is InChI=1S/C40H40ClN3O/c1-29-16-13-14-25-39(29)45-31(3)42-36-27-26-35(28-30(36)2)44(34-21-11-6-12-22-34)38-24-15-23-37(40(38)41)43(32-17-7-4-8-18-32)33-19-9-5-10-20-33/h4,6-8,11-13,15-19,21-24,26-28H,5,9-10,14,20,25H2,1-3H3/b42-31+. The van der Waals surface area contributed by atoms with Crippen LogP contribution in [0.1, 0.15) is 57.9 Å². The van der Waals surface area contributed by atoms with Crippen molar-refractivity contribution in [3.63, 3.8) is 0 Å². The molecule has 6 rings (SSSR count). The van der Waals surface area contributed by atoms with Crippen molar-refractivity contribution in [2.45, 2.75) is 59.3 Å². The molecule has 0 atom stereocenters. The summed E-state index contributed by atoms with van der Waals surface area (Å²) in [7, 11) is 0. The lowest BCUT2D eigenvalue weighted by Crippen LogP contribution is -2.19. The molecule has 0 N–H and O–H groups in total. The van der Waals surface area contributed by atoms with E-state index in [1.807, 2.05) is 13.0 Å². The first kappa shape index (κ1) is 30.5. The van der Waals surface area contributed by atoms with Gasteiger partial charge in [-0.3, -0.25) is 0 Å². The van der Waals surface area contributed by atoms with Crippen molar-refractivity contribution in [1.29, 1.82) is 0 Å². The summed E-state index contributed by atoms with van der Waals surface area (Å²) in [6.07, 6.45) is 13.1. The van der Waals surface area contributed by atoms with Gasteiger partial charge < -0.3 is 14.5 Å². The Morgan fingerprint density at radius 2 is 1.42 bits per heavy atom. The number of para-hydroxylation sites is 2. The molecule has 0 aliphatic heterocycles. The number of aryl methyl sites for hydroxylation is 1. The lowest BCUT2D eigenvalue weighted by molar-refractivity contribution is 0.384. The van der Waals surface area contributed by atoms with E-state index in [2.05, 4.69) is 133 Å². The van der Waals surface area contributed by atoms with E-state index in [9.17, 15) is 0 Å². The van der Waals surface area contributed by atoms with E-state index in [1.54, 1.807) is 0 Å². The first-order chi connectivity index (χ1) is 22.0. The summed E-state index contributed by atoms with van der Waals surface area (Å²) >= 11 is 7.45. The highest BCUT2D eigenvalue weighted by Crippen LogP contribution is 2.46. The van der Waals surface area contributed by atoms with Gasteiger partial charge in [-0.2, -0.15) is 0 Å². The number of hydrogen-bond donors (Lipinski definition) is 0. The number of allylic oxidation sites excluding steroid dienone is 6. The molecular formula is C40H40ClN3O. The van der Waals surface area contributed by atoms with Crippen LogP contribution < -0.4 is 9.80 Å². The topological polar surface area (TPSA) is 28.1 Å². The Labute approximate surface area is 272 Å². The number of hydrogen-bond acceptors (Lipinski definition) is 4. The van der Waals surface area contributed by atoms with Gasteiger partial charge >= 0.3 is 0 Å². The van der Waals surface area contributed by atoms with Gasteiger partial charge in [0.25, 0.3) is 0 Å². The van der Waals surface area contributed by atoms with Crippen molar-refractivity contribution < 1.29 is 4.74 Å². The highest BCUT2D eigenvalue weighted by Gasteiger charge is 2.24. The van der Waals surface area contributed by atoms with Gasteiger partial charge in [0.05, 0.1) is 22.1 Å². The second-order valence-electron chi connectivity index (χ2n) is 11.6. The van der Waals surface area contributed by atoms with E-state index in [0.29, 0.717) is 10.9 Å². The number of halogens is 1. The third-order valence-corrected chi connectivity index (χ3v) is 8.74. The van der Waals surface area contributed by atoms with Gasteiger partial charge in [-0.05, 0) is 112 Å². The van der Waals surface area contributed by atoms with Gasteiger partial charge in [0, 0.05) is 36.1 Å². The second-order valence-corrected chi connectivity index (χ2v) is 12.0. The van der Waals surface area contributed by atoms with Crippen LogP contribution in [0.25, 0.3) is 0 Å². The molecule has 2 aliphatic carbocycles. The molecule has 45 heavy (non-hydrogen) atoms. The molecule has 0 bridgehead atoms. The van der Waals surface area contributed by atoms with E-state index in [-0.39, 0.29) is 0 Å². The van der Waals surface area contributed by atoms with Crippen LogP contribution >= 0.6 is 11.6 Å². The Bertz CT molecular complexity index is 1770. The molecule has 0 saturated carbocycles. The zero-order chi connectivity index (χ0) is 31.2. The fourth-order valence-electron chi connectivity index (χ4n) is 6.09. The van der Waals surface area contributed by atoms with E-state index in [1.165, 1.54) is 18.5 Å². The fourth-order valence-corrected chi connectivity index (χ4v) is 6.38. The summed E-state index contributed by atoms with van der Waals surface area (Å²) in [5.41, 5.74) is 9.43. The summed E-state index contributed by atoms with van der Waals surface area (Å²) in [5.74, 6) is 1.63. The highest BCUT2D eigenvalue weighted by atomic mass is 35.5. The SMILES string of the molecule is CC1=C(O/C(C)=N/c2ccc(N(c3ccccc3)c3cccc(N(C4=CCCCC4)c4ccccc4)c3Cl)cc2C)CCC=C1. The molecule has 0 radical (unpaired) electrons. The summed E-state index contributed by atoms with van der Waals surface area (Å²) in [6, 6.07) is 33.6. The van der Waals surface area contributed by atoms with Crippen LogP contribution in [0.3, 0.4) is 0 Å². The molecule has 0 heterocycles. The predicted octanol–water partition coefficient (Wildman–Crippen LogP) is 12.4. The minimum absolute atomic E-state index is 0.643. The number of benzene rings is 4. The molecule has 0 spiro atoms. The molecule has 4 aromatic carbocycles.